The Bertz CT molecular complexity index is 684. The van der Waals surface area contributed by atoms with Crippen molar-refractivity contribution in [2.75, 3.05) is 0 Å². The first kappa shape index (κ1) is 18.4. The van der Waals surface area contributed by atoms with Crippen molar-refractivity contribution in [1.29, 1.82) is 0 Å². The average Bonchev–Trinajstić information content (AvgIpc) is 2.67. The van der Waals surface area contributed by atoms with E-state index in [0.717, 1.165) is 0 Å². The van der Waals surface area contributed by atoms with Gasteiger partial charge in [0.2, 0.25) is 5.78 Å². The summed E-state index contributed by atoms with van der Waals surface area (Å²) < 4.78 is 10.8. The van der Waals surface area contributed by atoms with Crippen LogP contribution in [0.1, 0.15) is 47.4 Å². The van der Waals surface area contributed by atoms with Crippen molar-refractivity contribution in [3.8, 4) is 0 Å². The highest BCUT2D eigenvalue weighted by molar-refractivity contribution is 5.97. The molecule has 2 aromatic carbocycles. The molecule has 2 aromatic rings. The lowest BCUT2D eigenvalue weighted by Gasteiger charge is -2.30. The van der Waals surface area contributed by atoms with E-state index in [1.807, 2.05) is 0 Å². The molecule has 0 aliphatic rings. The maximum absolute atomic E-state index is 12.4. The summed E-state index contributed by atoms with van der Waals surface area (Å²) in [6, 6.07) is 16.5. The zero-order valence-corrected chi connectivity index (χ0v) is 14.2. The molecule has 0 atom stereocenters. The van der Waals surface area contributed by atoms with Crippen molar-refractivity contribution < 1.29 is 23.9 Å². The van der Waals surface area contributed by atoms with Gasteiger partial charge in [-0.25, -0.2) is 9.59 Å². The fourth-order valence-corrected chi connectivity index (χ4v) is 2.31. The Balaban J connectivity index is 2.29. The van der Waals surface area contributed by atoms with Crippen LogP contribution in [0.3, 0.4) is 0 Å². The van der Waals surface area contributed by atoms with Gasteiger partial charge >= 0.3 is 17.7 Å². The molecule has 0 N–H and O–H groups in total. The minimum absolute atomic E-state index is 0.0246. The van der Waals surface area contributed by atoms with E-state index in [1.165, 1.54) is 0 Å². The van der Waals surface area contributed by atoms with Crippen LogP contribution in [0.4, 0.5) is 0 Å². The number of benzene rings is 2. The number of esters is 2. The number of Topliss-reactive ketones (excluding diaryl/α,β-unsaturated/α-hetero) is 1. The molecule has 0 fully saturated rings. The van der Waals surface area contributed by atoms with E-state index >= 15 is 0 Å². The topological polar surface area (TPSA) is 69.7 Å². The summed E-state index contributed by atoms with van der Waals surface area (Å²) in [7, 11) is 0. The quantitative estimate of drug-likeness (QED) is 0.566. The molecule has 5 nitrogen and oxygen atoms in total. The number of ether oxygens (including phenoxy) is 2. The van der Waals surface area contributed by atoms with Crippen molar-refractivity contribution in [3.05, 3.63) is 71.8 Å². The maximum Gasteiger partial charge on any atom is 0.341 e. The van der Waals surface area contributed by atoms with Crippen molar-refractivity contribution >= 4 is 17.7 Å². The monoisotopic (exact) mass is 340 g/mol. The number of carbonyl (C=O) groups is 3. The van der Waals surface area contributed by atoms with Crippen LogP contribution in [0, 0.1) is 0 Å². The van der Waals surface area contributed by atoms with Crippen LogP contribution >= 0.6 is 0 Å². The Labute approximate surface area is 146 Å². The first-order chi connectivity index (χ1) is 12.0. The normalized spacial score (nSPS) is 10.8. The Kier molecular flexibility index (Phi) is 6.06. The average molecular weight is 340 g/mol. The van der Waals surface area contributed by atoms with Crippen LogP contribution in [-0.4, -0.2) is 23.5 Å². The van der Waals surface area contributed by atoms with Gasteiger partial charge in [0.1, 0.15) is 0 Å². The van der Waals surface area contributed by atoms with Crippen LogP contribution < -0.4 is 0 Å². The van der Waals surface area contributed by atoms with Gasteiger partial charge in [0.25, 0.3) is 0 Å². The van der Waals surface area contributed by atoms with Gasteiger partial charge in [0.15, 0.2) is 0 Å². The van der Waals surface area contributed by atoms with E-state index in [0.29, 0.717) is 0 Å². The number of ketones is 1. The van der Waals surface area contributed by atoms with E-state index in [1.54, 1.807) is 74.5 Å². The molecule has 0 spiro atoms. The molecule has 0 aromatic heterocycles. The van der Waals surface area contributed by atoms with Gasteiger partial charge in [0, 0.05) is 12.8 Å². The summed E-state index contributed by atoms with van der Waals surface area (Å²) in [6.07, 6.45) is 0.0921. The van der Waals surface area contributed by atoms with Crippen LogP contribution in [0.15, 0.2) is 60.7 Å². The SMILES string of the molecule is CCC(=O)C(CC)(OC(=O)c1ccccc1)OC(=O)c1ccccc1. The Hall–Kier alpha value is -2.95. The second kappa shape index (κ2) is 8.24. The molecular weight excluding hydrogens is 320 g/mol. The Morgan fingerprint density at radius 1 is 0.760 bits per heavy atom. The molecule has 0 saturated heterocycles. The smallest absolute Gasteiger partial charge is 0.341 e. The predicted molar refractivity (Wildman–Crippen MR) is 92.0 cm³/mol. The molecule has 0 heterocycles. The van der Waals surface area contributed by atoms with E-state index in [4.69, 9.17) is 9.47 Å². The summed E-state index contributed by atoms with van der Waals surface area (Å²) in [6.45, 7) is 3.25. The molecule has 0 saturated carbocycles. The molecule has 130 valence electrons. The van der Waals surface area contributed by atoms with Crippen molar-refractivity contribution in [1.82, 2.24) is 0 Å². The van der Waals surface area contributed by atoms with Gasteiger partial charge in [-0.1, -0.05) is 50.2 Å². The van der Waals surface area contributed by atoms with Gasteiger partial charge in [-0.2, -0.15) is 0 Å². The molecule has 25 heavy (non-hydrogen) atoms. The maximum atomic E-state index is 12.4. The zero-order chi connectivity index (χ0) is 18.3. The van der Waals surface area contributed by atoms with Crippen LogP contribution in [0.2, 0.25) is 0 Å². The first-order valence-electron chi connectivity index (χ1n) is 8.12. The second-order valence-corrected chi connectivity index (χ2v) is 5.39. The van der Waals surface area contributed by atoms with Crippen molar-refractivity contribution in [2.24, 2.45) is 0 Å². The fraction of sp³-hybridized carbons (Fsp3) is 0.250. The number of hydrogen-bond donors (Lipinski definition) is 0. The van der Waals surface area contributed by atoms with E-state index < -0.39 is 23.5 Å². The zero-order valence-electron chi connectivity index (χ0n) is 14.2. The molecule has 0 amide bonds. The predicted octanol–water partition coefficient (Wildman–Crippen LogP) is 3.79. The molecule has 0 unspecified atom stereocenters. The molecular formula is C20H20O5. The van der Waals surface area contributed by atoms with Gasteiger partial charge in [-0.05, 0) is 24.3 Å². The van der Waals surface area contributed by atoms with E-state index in [9.17, 15) is 14.4 Å². The van der Waals surface area contributed by atoms with E-state index in [2.05, 4.69) is 0 Å². The molecule has 0 radical (unpaired) electrons. The lowest BCUT2D eigenvalue weighted by molar-refractivity contribution is -0.186. The highest BCUT2D eigenvalue weighted by Gasteiger charge is 2.44. The number of carbonyl (C=O) groups excluding carboxylic acids is 3. The van der Waals surface area contributed by atoms with Crippen LogP contribution in [0.5, 0.6) is 0 Å². The van der Waals surface area contributed by atoms with Gasteiger partial charge in [-0.3, -0.25) is 4.79 Å². The summed E-state index contributed by atoms with van der Waals surface area (Å²) in [5.74, 6) is -3.84. The summed E-state index contributed by atoms with van der Waals surface area (Å²) in [5.41, 5.74) is 0.556. The van der Waals surface area contributed by atoms with Gasteiger partial charge in [0.05, 0.1) is 11.1 Å². The lowest BCUT2D eigenvalue weighted by atomic mass is 10.1. The third-order valence-corrected chi connectivity index (χ3v) is 3.75. The molecule has 5 heteroatoms. The van der Waals surface area contributed by atoms with Crippen molar-refractivity contribution in [3.63, 3.8) is 0 Å². The standard InChI is InChI=1S/C20H20O5/c1-3-17(21)20(4-2,24-18(22)15-11-7-5-8-12-15)25-19(23)16-13-9-6-10-14-16/h5-14H,3-4H2,1-2H3. The Morgan fingerprint density at radius 3 is 1.48 bits per heavy atom. The minimum atomic E-state index is -1.94. The molecule has 0 bridgehead atoms. The van der Waals surface area contributed by atoms with Gasteiger partial charge < -0.3 is 9.47 Å². The van der Waals surface area contributed by atoms with Crippen LogP contribution in [0.25, 0.3) is 0 Å². The minimum Gasteiger partial charge on any atom is -0.411 e. The van der Waals surface area contributed by atoms with Crippen LogP contribution in [-0.2, 0) is 14.3 Å². The number of rotatable bonds is 7. The van der Waals surface area contributed by atoms with Gasteiger partial charge in [-0.15, -0.1) is 0 Å². The summed E-state index contributed by atoms with van der Waals surface area (Å²) >= 11 is 0. The summed E-state index contributed by atoms with van der Waals surface area (Å²) in [5, 5.41) is 0. The highest BCUT2D eigenvalue weighted by atomic mass is 16.7. The molecule has 0 aliphatic carbocycles. The first-order valence-corrected chi connectivity index (χ1v) is 8.12. The molecule has 2 rings (SSSR count). The Morgan fingerprint density at radius 2 is 1.16 bits per heavy atom. The largest absolute Gasteiger partial charge is 0.411 e. The van der Waals surface area contributed by atoms with E-state index in [-0.39, 0.29) is 24.0 Å². The third-order valence-electron chi connectivity index (χ3n) is 3.75. The second-order valence-electron chi connectivity index (χ2n) is 5.39. The highest BCUT2D eigenvalue weighted by Crippen LogP contribution is 2.25. The summed E-state index contributed by atoms with van der Waals surface area (Å²) in [4.78, 5) is 37.2. The fourth-order valence-electron chi connectivity index (χ4n) is 2.31. The number of hydrogen-bond acceptors (Lipinski definition) is 5. The third kappa shape index (κ3) is 4.32. The molecule has 0 aliphatic heterocycles. The lowest BCUT2D eigenvalue weighted by Crippen LogP contribution is -2.46. The van der Waals surface area contributed by atoms with Crippen molar-refractivity contribution in [2.45, 2.75) is 32.5 Å².